The molecule has 1 aromatic rings. The second-order valence-corrected chi connectivity index (χ2v) is 1.99. The summed E-state index contributed by atoms with van der Waals surface area (Å²) in [6.07, 6.45) is 4.34. The maximum atomic E-state index is 4.65. The van der Waals surface area contributed by atoms with E-state index in [0.29, 0.717) is 0 Å². The van der Waals surface area contributed by atoms with Gasteiger partial charge in [0.15, 0.2) is 5.84 Å². The Balaban J connectivity index is 2.79. The maximum absolute atomic E-state index is 4.65. The summed E-state index contributed by atoms with van der Waals surface area (Å²) < 4.78 is 1.68. The zero-order valence-corrected chi connectivity index (χ0v) is 6.69. The first-order chi connectivity index (χ1) is 5.38. The van der Waals surface area contributed by atoms with Crippen LogP contribution in [0.4, 0.5) is 0 Å². The molecule has 0 bridgehead atoms. The van der Waals surface area contributed by atoms with Gasteiger partial charge in [0, 0.05) is 18.8 Å². The van der Waals surface area contributed by atoms with Crippen molar-refractivity contribution in [1.82, 2.24) is 9.78 Å². The van der Waals surface area contributed by atoms with Crippen LogP contribution in [0.1, 0.15) is 13.3 Å². The predicted octanol–water partition coefficient (Wildman–Crippen LogP) is 1.10. The lowest BCUT2D eigenvalue weighted by Gasteiger charge is -2.00. The molecule has 0 N–H and O–H groups in total. The average molecular weight is 153 g/mol. The van der Waals surface area contributed by atoms with Gasteiger partial charge in [-0.05, 0) is 6.07 Å². The third-order valence-electron chi connectivity index (χ3n) is 1.28. The van der Waals surface area contributed by atoms with E-state index in [0.717, 1.165) is 12.3 Å². The Labute approximate surface area is 65.5 Å². The Bertz CT molecular complexity index is 228. The number of hydrogen-bond donors (Lipinski definition) is 0. The van der Waals surface area contributed by atoms with E-state index in [2.05, 4.69) is 15.1 Å². The fraction of sp³-hybridized carbons (Fsp3) is 0.429. The van der Waals surface area contributed by atoms with E-state index in [1.54, 1.807) is 10.9 Å². The van der Waals surface area contributed by atoms with E-state index in [1.807, 2.05) is 19.2 Å². The molecule has 0 amide bonds. The van der Waals surface area contributed by atoms with Crippen LogP contribution in [0.5, 0.6) is 0 Å². The number of nitrogens with zero attached hydrogens (tertiary/aromatic N) is 3. The smallest absolute Gasteiger partial charge is 0.168 e. The van der Waals surface area contributed by atoms with Gasteiger partial charge in [-0.25, -0.2) is 4.68 Å². The van der Waals surface area contributed by atoms with E-state index >= 15 is 0 Å². The van der Waals surface area contributed by atoms with Crippen molar-refractivity contribution in [1.29, 1.82) is 0 Å². The molecule has 0 saturated carbocycles. The third kappa shape index (κ3) is 1.80. The van der Waals surface area contributed by atoms with Gasteiger partial charge in [-0.3, -0.25) is 0 Å². The van der Waals surface area contributed by atoms with Crippen molar-refractivity contribution in [2.24, 2.45) is 5.16 Å². The van der Waals surface area contributed by atoms with E-state index in [1.165, 1.54) is 7.11 Å². The Morgan fingerprint density at radius 3 is 3.00 bits per heavy atom. The summed E-state index contributed by atoms with van der Waals surface area (Å²) in [6, 6.07) is 1.85. The molecule has 0 aliphatic rings. The lowest BCUT2D eigenvalue weighted by atomic mass is 10.4. The monoisotopic (exact) mass is 153 g/mol. The number of hydrogen-bond acceptors (Lipinski definition) is 3. The molecule has 1 aromatic heterocycles. The average Bonchev–Trinajstić information content (AvgIpc) is 2.52. The highest BCUT2D eigenvalue weighted by Crippen LogP contribution is 1.91. The fourth-order valence-corrected chi connectivity index (χ4v) is 0.795. The number of rotatable bonds is 2. The Kier molecular flexibility index (Phi) is 2.66. The molecule has 0 saturated heterocycles. The maximum Gasteiger partial charge on any atom is 0.168 e. The number of oxime groups is 1. The molecular weight excluding hydrogens is 142 g/mol. The van der Waals surface area contributed by atoms with Crippen LogP contribution in [0.25, 0.3) is 0 Å². The third-order valence-corrected chi connectivity index (χ3v) is 1.28. The molecule has 0 radical (unpaired) electrons. The molecule has 0 spiro atoms. The van der Waals surface area contributed by atoms with Gasteiger partial charge < -0.3 is 4.84 Å². The highest BCUT2D eigenvalue weighted by molar-refractivity contribution is 5.82. The summed E-state index contributed by atoms with van der Waals surface area (Å²) in [5.41, 5.74) is 0. The van der Waals surface area contributed by atoms with Crippen LogP contribution >= 0.6 is 0 Å². The molecule has 60 valence electrons. The van der Waals surface area contributed by atoms with Crippen LogP contribution in [-0.4, -0.2) is 22.7 Å². The molecule has 0 fully saturated rings. The Morgan fingerprint density at radius 2 is 2.55 bits per heavy atom. The first kappa shape index (κ1) is 7.78. The zero-order valence-electron chi connectivity index (χ0n) is 6.69. The van der Waals surface area contributed by atoms with E-state index in [4.69, 9.17) is 0 Å². The van der Waals surface area contributed by atoms with E-state index in [9.17, 15) is 0 Å². The zero-order chi connectivity index (χ0) is 8.10. The summed E-state index contributed by atoms with van der Waals surface area (Å²) >= 11 is 0. The van der Waals surface area contributed by atoms with Crippen LogP contribution < -0.4 is 0 Å². The van der Waals surface area contributed by atoms with Gasteiger partial charge in [0.25, 0.3) is 0 Å². The molecule has 4 nitrogen and oxygen atoms in total. The molecule has 4 heteroatoms. The molecule has 0 aromatic carbocycles. The van der Waals surface area contributed by atoms with Gasteiger partial charge in [0.1, 0.15) is 7.11 Å². The van der Waals surface area contributed by atoms with Crippen LogP contribution in [-0.2, 0) is 4.84 Å². The van der Waals surface area contributed by atoms with Gasteiger partial charge in [-0.1, -0.05) is 12.1 Å². The van der Waals surface area contributed by atoms with Crippen LogP contribution in [0.3, 0.4) is 0 Å². The topological polar surface area (TPSA) is 39.4 Å². The SMILES string of the molecule is CC/C(=N\OC)n1cccn1. The highest BCUT2D eigenvalue weighted by atomic mass is 16.6. The van der Waals surface area contributed by atoms with Crippen molar-refractivity contribution >= 4 is 5.84 Å². The van der Waals surface area contributed by atoms with Crippen LogP contribution in [0.15, 0.2) is 23.6 Å². The van der Waals surface area contributed by atoms with E-state index in [-0.39, 0.29) is 0 Å². The molecule has 1 heterocycles. The van der Waals surface area contributed by atoms with Gasteiger partial charge in [0.05, 0.1) is 0 Å². The van der Waals surface area contributed by atoms with Crippen molar-refractivity contribution in [2.75, 3.05) is 7.11 Å². The second-order valence-electron chi connectivity index (χ2n) is 1.99. The molecule has 0 aliphatic heterocycles. The summed E-state index contributed by atoms with van der Waals surface area (Å²) in [5.74, 6) is 0.803. The normalized spacial score (nSPS) is 11.6. The Hall–Kier alpha value is -1.32. The lowest BCUT2D eigenvalue weighted by Crippen LogP contribution is -2.11. The summed E-state index contributed by atoms with van der Waals surface area (Å²) in [6.45, 7) is 2.00. The molecule has 11 heavy (non-hydrogen) atoms. The predicted molar refractivity (Wildman–Crippen MR) is 42.4 cm³/mol. The van der Waals surface area contributed by atoms with Crippen molar-refractivity contribution in [3.63, 3.8) is 0 Å². The van der Waals surface area contributed by atoms with Crippen molar-refractivity contribution in [3.8, 4) is 0 Å². The minimum Gasteiger partial charge on any atom is -0.398 e. The molecular formula is C7H11N3O. The van der Waals surface area contributed by atoms with Crippen molar-refractivity contribution in [3.05, 3.63) is 18.5 Å². The van der Waals surface area contributed by atoms with Gasteiger partial charge >= 0.3 is 0 Å². The Morgan fingerprint density at radius 1 is 1.73 bits per heavy atom. The molecule has 0 unspecified atom stereocenters. The van der Waals surface area contributed by atoms with Crippen molar-refractivity contribution < 1.29 is 4.84 Å². The van der Waals surface area contributed by atoms with Gasteiger partial charge in [-0.2, -0.15) is 5.10 Å². The summed E-state index contributed by atoms with van der Waals surface area (Å²) in [5, 5.41) is 7.81. The molecule has 1 rings (SSSR count). The van der Waals surface area contributed by atoms with E-state index < -0.39 is 0 Å². The van der Waals surface area contributed by atoms with Gasteiger partial charge in [0.2, 0.25) is 0 Å². The largest absolute Gasteiger partial charge is 0.398 e. The molecule has 0 aliphatic carbocycles. The first-order valence-electron chi connectivity index (χ1n) is 3.48. The minimum atomic E-state index is 0.801. The quantitative estimate of drug-likeness (QED) is 0.362. The van der Waals surface area contributed by atoms with Gasteiger partial charge in [-0.15, -0.1) is 0 Å². The minimum absolute atomic E-state index is 0.801. The second kappa shape index (κ2) is 3.75. The summed E-state index contributed by atoms with van der Waals surface area (Å²) in [4.78, 5) is 4.65. The number of aromatic nitrogens is 2. The lowest BCUT2D eigenvalue weighted by molar-refractivity contribution is 0.211. The standard InChI is InChI=1S/C7H11N3O/c1-3-7(9-11-2)10-6-4-5-8-10/h4-6H,3H2,1-2H3/b9-7+. The fourth-order valence-electron chi connectivity index (χ4n) is 0.795. The highest BCUT2D eigenvalue weighted by Gasteiger charge is 1.97. The van der Waals surface area contributed by atoms with Crippen LogP contribution in [0.2, 0.25) is 0 Å². The van der Waals surface area contributed by atoms with Crippen molar-refractivity contribution in [2.45, 2.75) is 13.3 Å². The summed E-state index contributed by atoms with van der Waals surface area (Å²) in [7, 11) is 1.53. The molecule has 0 atom stereocenters. The van der Waals surface area contributed by atoms with Crippen LogP contribution in [0, 0.1) is 0 Å². The first-order valence-corrected chi connectivity index (χ1v) is 3.48.